The molecule has 1 aromatic rings. The van der Waals surface area contributed by atoms with Gasteiger partial charge in [-0.25, -0.2) is 4.79 Å². The second kappa shape index (κ2) is 13.9. The number of esters is 1. The van der Waals surface area contributed by atoms with E-state index in [4.69, 9.17) is 43.1 Å². The molecule has 0 saturated heterocycles. The summed E-state index contributed by atoms with van der Waals surface area (Å²) in [6.45, 7) is -0.258. The molecule has 0 bridgehead atoms. The second-order valence-electron chi connectivity index (χ2n) is 7.01. The van der Waals surface area contributed by atoms with Crippen LogP contribution in [-0.2, 0) is 16.1 Å². The van der Waals surface area contributed by atoms with Crippen molar-refractivity contribution in [3.8, 4) is 0 Å². The van der Waals surface area contributed by atoms with Gasteiger partial charge in [0, 0.05) is 12.5 Å². The summed E-state index contributed by atoms with van der Waals surface area (Å²) in [5, 5.41) is 20.0. The number of carbonyl (C=O) groups is 2. The Labute approximate surface area is 190 Å². The number of nitro benzene ring substituents is 1. The maximum atomic E-state index is 11.8. The highest BCUT2D eigenvalue weighted by Gasteiger charge is 2.23. The predicted molar refractivity (Wildman–Crippen MR) is 120 cm³/mol. The summed E-state index contributed by atoms with van der Waals surface area (Å²) >= 11 is 17.5. The number of nitro groups is 1. The molecule has 1 rings (SSSR count). The van der Waals surface area contributed by atoms with Gasteiger partial charge < -0.3 is 9.84 Å². The molecule has 0 aliphatic rings. The molecule has 0 aliphatic carbocycles. The van der Waals surface area contributed by atoms with E-state index in [2.05, 4.69) is 0 Å². The van der Waals surface area contributed by atoms with Crippen molar-refractivity contribution in [2.24, 2.45) is 0 Å². The number of nitrogens with zero attached hydrogens (tertiary/aromatic N) is 1. The number of carbonyl (C=O) groups excluding carboxylic acids is 1. The number of aromatic carboxylic acids is 1. The van der Waals surface area contributed by atoms with E-state index in [1.54, 1.807) is 0 Å². The van der Waals surface area contributed by atoms with Gasteiger partial charge in [0.15, 0.2) is 0 Å². The summed E-state index contributed by atoms with van der Waals surface area (Å²) in [6.07, 6.45) is 8.18. The van der Waals surface area contributed by atoms with E-state index in [9.17, 15) is 19.7 Å². The van der Waals surface area contributed by atoms with Crippen molar-refractivity contribution in [2.45, 2.75) is 70.4 Å². The van der Waals surface area contributed by atoms with E-state index in [1.165, 1.54) is 12.1 Å². The number of hydrogen-bond donors (Lipinski definition) is 1. The van der Waals surface area contributed by atoms with Crippen molar-refractivity contribution < 1.29 is 24.4 Å². The second-order valence-corrected chi connectivity index (χ2v) is 16.3. The van der Waals surface area contributed by atoms with E-state index in [1.807, 2.05) is 0 Å². The minimum absolute atomic E-state index is 0.163. The van der Waals surface area contributed by atoms with Gasteiger partial charge in [-0.15, -0.1) is 33.2 Å². The van der Waals surface area contributed by atoms with Crippen LogP contribution in [0.3, 0.4) is 0 Å². The van der Waals surface area contributed by atoms with Crippen LogP contribution in [0.2, 0.25) is 6.04 Å². The first-order valence-corrected chi connectivity index (χ1v) is 15.1. The summed E-state index contributed by atoms with van der Waals surface area (Å²) in [5.41, 5.74) is -0.404. The van der Waals surface area contributed by atoms with Crippen LogP contribution in [0.25, 0.3) is 0 Å². The van der Waals surface area contributed by atoms with Gasteiger partial charge >= 0.3 is 17.9 Å². The third-order valence-electron chi connectivity index (χ3n) is 4.51. The SMILES string of the molecule is O=C(CCCCCCCCCC[Si](Cl)(Cl)Cl)OCc1ccc(C(=O)O)cc1[N+](=O)[O-]. The third kappa shape index (κ3) is 11.7. The van der Waals surface area contributed by atoms with Crippen LogP contribution >= 0.6 is 33.2 Å². The fourth-order valence-electron chi connectivity index (χ4n) is 2.87. The lowest BCUT2D eigenvalue weighted by Crippen LogP contribution is -2.07. The first-order valence-electron chi connectivity index (χ1n) is 9.83. The molecular weight excluding hydrogens is 473 g/mol. The number of halogens is 3. The highest BCUT2D eigenvalue weighted by atomic mass is 35.8. The Hall–Kier alpha value is -1.35. The highest BCUT2D eigenvalue weighted by Crippen LogP contribution is 2.27. The Morgan fingerprint density at radius 1 is 1.00 bits per heavy atom. The molecular formula is C19H26Cl3NO6Si. The van der Waals surface area contributed by atoms with Crippen molar-refractivity contribution in [3.05, 3.63) is 39.4 Å². The van der Waals surface area contributed by atoms with Crippen LogP contribution in [0.15, 0.2) is 18.2 Å². The maximum absolute atomic E-state index is 11.8. The van der Waals surface area contributed by atoms with Crippen LogP contribution in [-0.4, -0.2) is 28.0 Å². The lowest BCUT2D eigenvalue weighted by Gasteiger charge is -2.07. The molecule has 1 N–H and O–H groups in total. The van der Waals surface area contributed by atoms with Crippen LogP contribution < -0.4 is 0 Å². The lowest BCUT2D eigenvalue weighted by atomic mass is 10.1. The number of hydrogen-bond acceptors (Lipinski definition) is 5. The Bertz CT molecular complexity index is 727. The first kappa shape index (κ1) is 26.7. The summed E-state index contributed by atoms with van der Waals surface area (Å²) in [4.78, 5) is 33.2. The lowest BCUT2D eigenvalue weighted by molar-refractivity contribution is -0.385. The fraction of sp³-hybridized carbons (Fsp3) is 0.579. The van der Waals surface area contributed by atoms with E-state index >= 15 is 0 Å². The minimum Gasteiger partial charge on any atom is -0.478 e. The molecule has 0 heterocycles. The standard InChI is InChI=1S/C19H26Cl3NO6Si/c20-30(21,22)12-8-6-4-2-1-3-5-7-9-18(24)29-14-16-11-10-15(19(25)26)13-17(16)23(27)28/h10-11,13H,1-9,12,14H2,(H,25,26). The van der Waals surface area contributed by atoms with Crippen molar-refractivity contribution in [3.63, 3.8) is 0 Å². The van der Waals surface area contributed by atoms with Crippen LogP contribution in [0.4, 0.5) is 5.69 Å². The highest BCUT2D eigenvalue weighted by molar-refractivity contribution is 7.64. The molecule has 11 heteroatoms. The van der Waals surface area contributed by atoms with Crippen LogP contribution in [0, 0.1) is 10.1 Å². The monoisotopic (exact) mass is 497 g/mol. The number of rotatable bonds is 15. The predicted octanol–water partition coefficient (Wildman–Crippen LogP) is 6.50. The van der Waals surface area contributed by atoms with Crippen LogP contribution in [0.5, 0.6) is 0 Å². The Morgan fingerprint density at radius 2 is 1.57 bits per heavy atom. The molecule has 1 aromatic carbocycles. The summed E-state index contributed by atoms with van der Waals surface area (Å²) in [5.74, 6) is -1.69. The third-order valence-corrected chi connectivity index (χ3v) is 7.13. The van der Waals surface area contributed by atoms with Gasteiger partial charge in [-0.2, -0.15) is 0 Å². The largest absolute Gasteiger partial charge is 0.478 e. The summed E-state index contributed by atoms with van der Waals surface area (Å²) in [7, 11) is 0. The molecule has 0 unspecified atom stereocenters. The molecule has 0 aromatic heterocycles. The number of carboxylic acid groups (broad SMARTS) is 1. The van der Waals surface area contributed by atoms with Crippen molar-refractivity contribution in [1.29, 1.82) is 0 Å². The quantitative estimate of drug-likeness (QED) is 0.0738. The number of carboxylic acids is 1. The van der Waals surface area contributed by atoms with E-state index in [-0.39, 0.29) is 29.8 Å². The van der Waals surface area contributed by atoms with E-state index in [0.29, 0.717) is 12.5 Å². The van der Waals surface area contributed by atoms with Crippen molar-refractivity contribution in [1.82, 2.24) is 0 Å². The molecule has 0 spiro atoms. The normalized spacial score (nSPS) is 11.3. The van der Waals surface area contributed by atoms with Crippen LogP contribution in [0.1, 0.15) is 73.7 Å². The number of unbranched alkanes of at least 4 members (excludes halogenated alkanes) is 7. The molecule has 0 amide bonds. The molecule has 0 saturated carbocycles. The molecule has 0 radical (unpaired) electrons. The zero-order chi connectivity index (χ0) is 22.6. The molecule has 30 heavy (non-hydrogen) atoms. The summed E-state index contributed by atoms with van der Waals surface area (Å²) in [6, 6.07) is 1.73. The first-order chi connectivity index (χ1) is 14.1. The Morgan fingerprint density at radius 3 is 2.10 bits per heavy atom. The van der Waals surface area contributed by atoms with E-state index in [0.717, 1.165) is 51.0 Å². The van der Waals surface area contributed by atoms with Gasteiger partial charge in [-0.3, -0.25) is 14.9 Å². The topological polar surface area (TPSA) is 107 Å². The van der Waals surface area contributed by atoms with Gasteiger partial charge in [0.2, 0.25) is 0 Å². The molecule has 0 aliphatic heterocycles. The molecule has 0 fully saturated rings. The van der Waals surface area contributed by atoms with Gasteiger partial charge in [0.05, 0.1) is 16.1 Å². The average molecular weight is 499 g/mol. The van der Waals surface area contributed by atoms with Gasteiger partial charge in [0.25, 0.3) is 5.69 Å². The van der Waals surface area contributed by atoms with Gasteiger partial charge in [0.1, 0.15) is 6.61 Å². The molecule has 168 valence electrons. The smallest absolute Gasteiger partial charge is 0.341 e. The number of ether oxygens (including phenoxy) is 1. The maximum Gasteiger partial charge on any atom is 0.341 e. The van der Waals surface area contributed by atoms with Gasteiger partial charge in [-0.1, -0.05) is 44.9 Å². The Balaban J connectivity index is 2.18. The Kier molecular flexibility index (Phi) is 12.3. The van der Waals surface area contributed by atoms with Gasteiger partial charge in [-0.05, 0) is 24.6 Å². The minimum atomic E-state index is -2.48. The fourth-order valence-corrected chi connectivity index (χ4v) is 4.73. The molecule has 0 atom stereocenters. The average Bonchev–Trinajstić information content (AvgIpc) is 2.66. The van der Waals surface area contributed by atoms with E-state index < -0.39 is 22.9 Å². The zero-order valence-electron chi connectivity index (χ0n) is 16.6. The zero-order valence-corrected chi connectivity index (χ0v) is 19.8. The summed E-state index contributed by atoms with van der Waals surface area (Å²) < 4.78 is 5.10. The van der Waals surface area contributed by atoms with Crippen molar-refractivity contribution >= 4 is 56.9 Å². The number of benzene rings is 1. The van der Waals surface area contributed by atoms with Crippen molar-refractivity contribution in [2.75, 3.05) is 0 Å². The molecule has 7 nitrogen and oxygen atoms in total.